The second-order valence-electron chi connectivity index (χ2n) is 7.41. The fraction of sp³-hybridized carbons (Fsp3) is 0.667. The molecule has 164 valence electrons. The van der Waals surface area contributed by atoms with Crippen molar-refractivity contribution in [1.82, 2.24) is 14.5 Å². The lowest BCUT2D eigenvalue weighted by Gasteiger charge is -2.22. The monoisotopic (exact) mass is 424 g/mol. The lowest BCUT2D eigenvalue weighted by atomic mass is 10.1. The number of aliphatic imine (C=N–C) groups is 1. The van der Waals surface area contributed by atoms with Crippen molar-refractivity contribution in [3.63, 3.8) is 0 Å². The molecule has 7 nitrogen and oxygen atoms in total. The smallest absolute Gasteiger partial charge is 0.213 e. The molecule has 1 N–H and O–H groups in total. The fourth-order valence-electron chi connectivity index (χ4n) is 3.34. The Labute approximate surface area is 176 Å². The number of rotatable bonds is 11. The molecular weight excluding hydrogens is 388 g/mol. The van der Waals surface area contributed by atoms with Crippen molar-refractivity contribution < 1.29 is 13.2 Å². The van der Waals surface area contributed by atoms with E-state index in [4.69, 9.17) is 9.73 Å². The summed E-state index contributed by atoms with van der Waals surface area (Å²) in [5.41, 5.74) is 1.20. The number of nitrogens with zero attached hydrogens (tertiary/aromatic N) is 3. The summed E-state index contributed by atoms with van der Waals surface area (Å²) < 4.78 is 31.0. The van der Waals surface area contributed by atoms with Crippen LogP contribution in [0.3, 0.4) is 0 Å². The number of benzene rings is 1. The zero-order valence-electron chi connectivity index (χ0n) is 18.0. The van der Waals surface area contributed by atoms with Gasteiger partial charge in [0, 0.05) is 45.7 Å². The normalized spacial score (nSPS) is 17.9. The van der Waals surface area contributed by atoms with Gasteiger partial charge in [-0.1, -0.05) is 30.3 Å². The van der Waals surface area contributed by atoms with Crippen molar-refractivity contribution in [1.29, 1.82) is 0 Å². The van der Waals surface area contributed by atoms with Gasteiger partial charge in [0.2, 0.25) is 10.0 Å². The molecule has 1 unspecified atom stereocenters. The van der Waals surface area contributed by atoms with Crippen molar-refractivity contribution in [2.45, 2.75) is 33.3 Å². The molecule has 1 aliphatic heterocycles. The Morgan fingerprint density at radius 1 is 1.31 bits per heavy atom. The van der Waals surface area contributed by atoms with Crippen LogP contribution in [0.5, 0.6) is 0 Å². The molecular formula is C21H36N4O3S. The molecule has 0 spiro atoms. The van der Waals surface area contributed by atoms with Gasteiger partial charge in [0.25, 0.3) is 0 Å². The van der Waals surface area contributed by atoms with Gasteiger partial charge in [0.05, 0.1) is 19.0 Å². The Kier molecular flexibility index (Phi) is 9.90. The van der Waals surface area contributed by atoms with E-state index in [1.54, 1.807) is 14.0 Å². The maximum absolute atomic E-state index is 11.8. The van der Waals surface area contributed by atoms with Gasteiger partial charge in [-0.15, -0.1) is 0 Å². The average Bonchev–Trinajstić information content (AvgIpc) is 3.19. The minimum absolute atomic E-state index is 0.136. The van der Waals surface area contributed by atoms with Crippen LogP contribution in [-0.4, -0.2) is 75.7 Å². The molecule has 1 aromatic rings. The summed E-state index contributed by atoms with van der Waals surface area (Å²) in [7, 11) is -1.48. The van der Waals surface area contributed by atoms with Gasteiger partial charge in [-0.2, -0.15) is 0 Å². The first-order chi connectivity index (χ1) is 14.0. The van der Waals surface area contributed by atoms with Crippen LogP contribution in [-0.2, 0) is 21.4 Å². The Bertz CT molecular complexity index is 725. The molecule has 0 amide bonds. The van der Waals surface area contributed by atoms with Gasteiger partial charge >= 0.3 is 0 Å². The summed E-state index contributed by atoms with van der Waals surface area (Å²) in [5, 5.41) is 3.36. The molecule has 1 atom stereocenters. The summed E-state index contributed by atoms with van der Waals surface area (Å²) in [6, 6.07) is 10.2. The quantitative estimate of drug-likeness (QED) is 0.335. The van der Waals surface area contributed by atoms with Crippen LogP contribution in [0.4, 0.5) is 0 Å². The van der Waals surface area contributed by atoms with Crippen LogP contribution in [0.15, 0.2) is 35.3 Å². The van der Waals surface area contributed by atoms with E-state index in [-0.39, 0.29) is 5.75 Å². The molecule has 1 fully saturated rings. The third kappa shape index (κ3) is 7.95. The SMILES string of the molecule is CCNC(=NCCCN(C)S(=O)(=O)CC)N1CCC(COCc2ccccc2)C1. The van der Waals surface area contributed by atoms with Crippen LogP contribution in [0.1, 0.15) is 32.3 Å². The second-order valence-corrected chi connectivity index (χ2v) is 9.78. The number of hydrogen-bond acceptors (Lipinski definition) is 4. The molecule has 0 bridgehead atoms. The highest BCUT2D eigenvalue weighted by Crippen LogP contribution is 2.17. The summed E-state index contributed by atoms with van der Waals surface area (Å²) in [6.45, 7) is 8.96. The van der Waals surface area contributed by atoms with Crippen LogP contribution in [0.25, 0.3) is 0 Å². The highest BCUT2D eigenvalue weighted by Gasteiger charge is 2.25. The second kappa shape index (κ2) is 12.1. The Morgan fingerprint density at radius 3 is 2.76 bits per heavy atom. The van der Waals surface area contributed by atoms with Gasteiger partial charge in [0.1, 0.15) is 0 Å². The van der Waals surface area contributed by atoms with Gasteiger partial charge in [0.15, 0.2) is 5.96 Å². The summed E-state index contributed by atoms with van der Waals surface area (Å²) in [4.78, 5) is 6.99. The predicted molar refractivity (Wildman–Crippen MR) is 118 cm³/mol. The number of sulfonamides is 1. The maximum atomic E-state index is 11.8. The van der Waals surface area contributed by atoms with Crippen molar-refractivity contribution in [3.8, 4) is 0 Å². The molecule has 29 heavy (non-hydrogen) atoms. The Balaban J connectivity index is 1.76. The molecule has 8 heteroatoms. The van der Waals surface area contributed by atoms with E-state index in [2.05, 4.69) is 29.3 Å². The number of likely N-dealkylation sites (tertiary alicyclic amines) is 1. The minimum atomic E-state index is -3.12. The standard InChI is InChI=1S/C21H36N4O3S/c1-4-22-21(23-13-9-14-24(3)29(26,27)5-2)25-15-12-20(16-25)18-28-17-19-10-7-6-8-11-19/h6-8,10-11,20H,4-5,9,12-18H2,1-3H3,(H,22,23). The largest absolute Gasteiger partial charge is 0.376 e. The zero-order valence-corrected chi connectivity index (χ0v) is 18.8. The molecule has 1 saturated heterocycles. The first kappa shape index (κ1) is 23.6. The highest BCUT2D eigenvalue weighted by atomic mass is 32.2. The molecule has 0 aromatic heterocycles. The summed E-state index contributed by atoms with van der Waals surface area (Å²) in [5.74, 6) is 1.55. The Morgan fingerprint density at radius 2 is 2.07 bits per heavy atom. The fourth-order valence-corrected chi connectivity index (χ4v) is 4.19. The highest BCUT2D eigenvalue weighted by molar-refractivity contribution is 7.89. The first-order valence-electron chi connectivity index (χ1n) is 10.5. The number of hydrogen-bond donors (Lipinski definition) is 1. The minimum Gasteiger partial charge on any atom is -0.376 e. The number of nitrogens with one attached hydrogen (secondary N) is 1. The van der Waals surface area contributed by atoms with E-state index in [0.29, 0.717) is 32.0 Å². The molecule has 1 heterocycles. The van der Waals surface area contributed by atoms with E-state index in [1.807, 2.05) is 18.2 Å². The van der Waals surface area contributed by atoms with E-state index in [0.717, 1.165) is 38.6 Å². The van der Waals surface area contributed by atoms with Crippen LogP contribution in [0.2, 0.25) is 0 Å². The van der Waals surface area contributed by atoms with Crippen LogP contribution >= 0.6 is 0 Å². The molecule has 0 aliphatic carbocycles. The lowest BCUT2D eigenvalue weighted by molar-refractivity contribution is 0.0907. The van der Waals surface area contributed by atoms with E-state index >= 15 is 0 Å². The van der Waals surface area contributed by atoms with E-state index in [1.165, 1.54) is 9.87 Å². The lowest BCUT2D eigenvalue weighted by Crippen LogP contribution is -2.40. The summed E-state index contributed by atoms with van der Waals surface area (Å²) in [6.07, 6.45) is 1.80. The van der Waals surface area contributed by atoms with Gasteiger partial charge < -0.3 is 15.0 Å². The van der Waals surface area contributed by atoms with E-state index in [9.17, 15) is 8.42 Å². The molecule has 2 rings (SSSR count). The summed E-state index contributed by atoms with van der Waals surface area (Å²) >= 11 is 0. The van der Waals surface area contributed by atoms with Crippen LogP contribution in [0, 0.1) is 5.92 Å². The van der Waals surface area contributed by atoms with Crippen molar-refractivity contribution in [2.24, 2.45) is 10.9 Å². The first-order valence-corrected chi connectivity index (χ1v) is 12.2. The molecule has 0 saturated carbocycles. The van der Waals surface area contributed by atoms with Gasteiger partial charge in [-0.25, -0.2) is 12.7 Å². The van der Waals surface area contributed by atoms with Crippen molar-refractivity contribution in [3.05, 3.63) is 35.9 Å². The van der Waals surface area contributed by atoms with Crippen molar-refractivity contribution in [2.75, 3.05) is 52.1 Å². The maximum Gasteiger partial charge on any atom is 0.213 e. The number of ether oxygens (including phenoxy) is 1. The molecule has 0 radical (unpaired) electrons. The van der Waals surface area contributed by atoms with E-state index < -0.39 is 10.0 Å². The van der Waals surface area contributed by atoms with Crippen molar-refractivity contribution >= 4 is 16.0 Å². The van der Waals surface area contributed by atoms with Gasteiger partial charge in [-0.05, 0) is 32.3 Å². The third-order valence-electron chi connectivity index (χ3n) is 5.12. The topological polar surface area (TPSA) is 74.2 Å². The zero-order chi connectivity index (χ0) is 21.1. The molecule has 1 aliphatic rings. The third-order valence-corrected chi connectivity index (χ3v) is 6.98. The average molecular weight is 425 g/mol. The number of guanidine groups is 1. The predicted octanol–water partition coefficient (Wildman–Crippen LogP) is 2.16. The molecule has 1 aromatic carbocycles. The van der Waals surface area contributed by atoms with Gasteiger partial charge in [-0.3, -0.25) is 4.99 Å². The van der Waals surface area contributed by atoms with Crippen LogP contribution < -0.4 is 5.32 Å². The Hall–Kier alpha value is -1.64.